The SMILES string of the molecule is COC(=O)c1csc(S(=O)(=O)N2CCN(C(=O)c3ccc(-c4ccccc4Cl)o3)CC2)c1. The first kappa shape index (κ1) is 22.5. The van der Waals surface area contributed by atoms with Gasteiger partial charge in [-0.05, 0) is 30.3 Å². The lowest BCUT2D eigenvalue weighted by Crippen LogP contribution is -2.50. The number of nitrogens with zero attached hydrogens (tertiary/aromatic N) is 2. The summed E-state index contributed by atoms with van der Waals surface area (Å²) >= 11 is 7.15. The van der Waals surface area contributed by atoms with Crippen LogP contribution in [-0.4, -0.2) is 62.8 Å². The minimum Gasteiger partial charge on any atom is -0.465 e. The minimum atomic E-state index is -3.77. The molecule has 0 spiro atoms. The zero-order valence-corrected chi connectivity index (χ0v) is 19.4. The molecular weight excluding hydrogens is 476 g/mol. The molecule has 1 aliphatic rings. The van der Waals surface area contributed by atoms with Crippen LogP contribution in [0.1, 0.15) is 20.9 Å². The minimum absolute atomic E-state index is 0.0630. The number of carbonyl (C=O) groups is 2. The number of thiophene rings is 1. The van der Waals surface area contributed by atoms with Crippen molar-refractivity contribution in [1.82, 2.24) is 9.21 Å². The van der Waals surface area contributed by atoms with Gasteiger partial charge in [0.05, 0.1) is 17.7 Å². The molecular formula is C21H19ClN2O6S2. The van der Waals surface area contributed by atoms with Gasteiger partial charge in [-0.1, -0.05) is 23.7 Å². The largest absolute Gasteiger partial charge is 0.465 e. The Morgan fingerprint density at radius 1 is 1.09 bits per heavy atom. The van der Waals surface area contributed by atoms with Crippen molar-refractivity contribution in [2.75, 3.05) is 33.3 Å². The van der Waals surface area contributed by atoms with Gasteiger partial charge in [0.15, 0.2) is 5.76 Å². The molecule has 1 amide bonds. The number of piperazine rings is 1. The molecule has 0 unspecified atom stereocenters. The predicted octanol–water partition coefficient (Wildman–Crippen LogP) is 3.59. The van der Waals surface area contributed by atoms with Crippen molar-refractivity contribution in [2.24, 2.45) is 0 Å². The number of rotatable bonds is 5. The van der Waals surface area contributed by atoms with Crippen LogP contribution in [0.2, 0.25) is 5.02 Å². The summed E-state index contributed by atoms with van der Waals surface area (Å²) in [5, 5.41) is 1.97. The molecule has 11 heteroatoms. The molecule has 0 N–H and O–H groups in total. The van der Waals surface area contributed by atoms with Crippen LogP contribution in [-0.2, 0) is 14.8 Å². The predicted molar refractivity (Wildman–Crippen MR) is 119 cm³/mol. The first-order chi connectivity index (χ1) is 15.3. The Balaban J connectivity index is 1.42. The van der Waals surface area contributed by atoms with Gasteiger partial charge in [0, 0.05) is 37.1 Å². The summed E-state index contributed by atoms with van der Waals surface area (Å²) in [6, 6.07) is 11.8. The number of halogens is 1. The highest BCUT2D eigenvalue weighted by molar-refractivity contribution is 7.91. The van der Waals surface area contributed by atoms with Gasteiger partial charge >= 0.3 is 5.97 Å². The molecule has 2 aromatic heterocycles. The fraction of sp³-hybridized carbons (Fsp3) is 0.238. The molecule has 1 aliphatic heterocycles. The monoisotopic (exact) mass is 494 g/mol. The van der Waals surface area contributed by atoms with Crippen molar-refractivity contribution in [1.29, 1.82) is 0 Å². The second kappa shape index (κ2) is 9.07. The molecule has 0 atom stereocenters. The third kappa shape index (κ3) is 4.31. The molecule has 3 heterocycles. The van der Waals surface area contributed by atoms with Gasteiger partial charge in [0.2, 0.25) is 0 Å². The number of hydrogen-bond donors (Lipinski definition) is 0. The summed E-state index contributed by atoms with van der Waals surface area (Å²) in [4.78, 5) is 26.0. The second-order valence-corrected chi connectivity index (χ2v) is 10.5. The van der Waals surface area contributed by atoms with Gasteiger partial charge in [-0.3, -0.25) is 4.79 Å². The van der Waals surface area contributed by atoms with Crippen molar-refractivity contribution in [3.63, 3.8) is 0 Å². The van der Waals surface area contributed by atoms with Gasteiger partial charge in [-0.15, -0.1) is 11.3 Å². The standard InChI is InChI=1S/C21H19ClN2O6S2/c1-29-21(26)14-12-19(31-13-14)32(27,28)24-10-8-23(9-11-24)20(25)18-7-6-17(30-18)15-4-2-3-5-16(15)22/h2-7,12-13H,8-11H2,1H3. The lowest BCUT2D eigenvalue weighted by atomic mass is 10.2. The number of sulfonamides is 1. The number of methoxy groups -OCH3 is 1. The fourth-order valence-electron chi connectivity index (χ4n) is 3.35. The Kier molecular flexibility index (Phi) is 6.38. The Hall–Kier alpha value is -2.66. The summed E-state index contributed by atoms with van der Waals surface area (Å²) in [5.74, 6) is -0.256. The van der Waals surface area contributed by atoms with E-state index in [0.29, 0.717) is 16.3 Å². The van der Waals surface area contributed by atoms with E-state index < -0.39 is 16.0 Å². The molecule has 1 fully saturated rings. The topological polar surface area (TPSA) is 97.1 Å². The average molecular weight is 495 g/mol. The molecule has 8 nitrogen and oxygen atoms in total. The van der Waals surface area contributed by atoms with E-state index in [1.807, 2.05) is 6.07 Å². The van der Waals surface area contributed by atoms with Crippen LogP contribution in [0.15, 0.2) is 56.5 Å². The first-order valence-electron chi connectivity index (χ1n) is 9.62. The first-order valence-corrected chi connectivity index (χ1v) is 12.3. The van der Waals surface area contributed by atoms with Crippen LogP contribution in [0.5, 0.6) is 0 Å². The smallest absolute Gasteiger partial charge is 0.338 e. The fourth-order valence-corrected chi connectivity index (χ4v) is 6.30. The molecule has 168 valence electrons. The lowest BCUT2D eigenvalue weighted by molar-refractivity contribution is 0.0600. The van der Waals surface area contributed by atoms with E-state index in [-0.39, 0.29) is 47.6 Å². The second-order valence-electron chi connectivity index (χ2n) is 6.99. The average Bonchev–Trinajstić information content (AvgIpc) is 3.49. The Morgan fingerprint density at radius 2 is 1.81 bits per heavy atom. The Morgan fingerprint density at radius 3 is 2.50 bits per heavy atom. The molecule has 3 aromatic rings. The maximum atomic E-state index is 12.9. The van der Waals surface area contributed by atoms with Crippen molar-refractivity contribution in [2.45, 2.75) is 4.21 Å². The summed E-state index contributed by atoms with van der Waals surface area (Å²) in [7, 11) is -2.53. The van der Waals surface area contributed by atoms with E-state index in [0.717, 1.165) is 11.3 Å². The third-order valence-corrected chi connectivity index (χ3v) is 8.72. The van der Waals surface area contributed by atoms with Crippen molar-refractivity contribution in [3.05, 3.63) is 64.2 Å². The molecule has 0 bridgehead atoms. The van der Waals surface area contributed by atoms with E-state index in [1.54, 1.807) is 35.2 Å². The molecule has 4 rings (SSSR count). The van der Waals surface area contributed by atoms with Crippen LogP contribution in [0, 0.1) is 0 Å². The van der Waals surface area contributed by atoms with Gasteiger partial charge in [0.25, 0.3) is 15.9 Å². The van der Waals surface area contributed by atoms with E-state index >= 15 is 0 Å². The van der Waals surface area contributed by atoms with Crippen LogP contribution >= 0.6 is 22.9 Å². The summed E-state index contributed by atoms with van der Waals surface area (Å²) in [6.45, 7) is 0.708. The highest BCUT2D eigenvalue weighted by atomic mass is 35.5. The summed E-state index contributed by atoms with van der Waals surface area (Å²) in [6.07, 6.45) is 0. The van der Waals surface area contributed by atoms with Crippen molar-refractivity contribution >= 4 is 44.8 Å². The number of hydrogen-bond acceptors (Lipinski definition) is 7. The van der Waals surface area contributed by atoms with E-state index in [2.05, 4.69) is 4.74 Å². The van der Waals surface area contributed by atoms with Gasteiger partial charge in [-0.2, -0.15) is 4.31 Å². The highest BCUT2D eigenvalue weighted by Gasteiger charge is 2.32. The maximum Gasteiger partial charge on any atom is 0.338 e. The van der Waals surface area contributed by atoms with Gasteiger partial charge in [0.1, 0.15) is 9.97 Å². The van der Waals surface area contributed by atoms with Crippen LogP contribution < -0.4 is 0 Å². The lowest BCUT2D eigenvalue weighted by Gasteiger charge is -2.33. The molecule has 32 heavy (non-hydrogen) atoms. The molecule has 1 aromatic carbocycles. The molecule has 1 saturated heterocycles. The Labute approximate surface area is 194 Å². The number of amides is 1. The van der Waals surface area contributed by atoms with Gasteiger partial charge in [-0.25, -0.2) is 13.2 Å². The highest BCUT2D eigenvalue weighted by Crippen LogP contribution is 2.30. The van der Waals surface area contributed by atoms with Crippen molar-refractivity contribution < 1.29 is 27.2 Å². The van der Waals surface area contributed by atoms with Crippen LogP contribution in [0.25, 0.3) is 11.3 Å². The third-order valence-electron chi connectivity index (χ3n) is 5.07. The number of furan rings is 1. The summed E-state index contributed by atoms with van der Waals surface area (Å²) < 4.78 is 37.5. The van der Waals surface area contributed by atoms with Crippen LogP contribution in [0.4, 0.5) is 0 Å². The quantitative estimate of drug-likeness (QED) is 0.503. The van der Waals surface area contributed by atoms with Crippen molar-refractivity contribution in [3.8, 4) is 11.3 Å². The van der Waals surface area contributed by atoms with E-state index in [4.69, 9.17) is 16.0 Å². The zero-order valence-electron chi connectivity index (χ0n) is 17.0. The molecule has 0 saturated carbocycles. The number of benzene rings is 1. The van der Waals surface area contributed by atoms with E-state index in [9.17, 15) is 18.0 Å². The number of esters is 1. The summed E-state index contributed by atoms with van der Waals surface area (Å²) in [5.41, 5.74) is 0.878. The molecule has 0 aliphatic carbocycles. The van der Waals surface area contributed by atoms with Crippen LogP contribution in [0.3, 0.4) is 0 Å². The van der Waals surface area contributed by atoms with Gasteiger partial charge < -0.3 is 14.1 Å². The molecule has 0 radical (unpaired) electrons. The number of carbonyl (C=O) groups excluding carboxylic acids is 2. The zero-order chi connectivity index (χ0) is 22.9. The Bertz CT molecular complexity index is 1260. The van der Waals surface area contributed by atoms with E-state index in [1.165, 1.54) is 22.9 Å². The normalized spacial score (nSPS) is 15.0. The number of ether oxygens (including phenoxy) is 1. The maximum absolute atomic E-state index is 12.9.